The molecule has 0 radical (unpaired) electrons. The van der Waals surface area contributed by atoms with Gasteiger partial charge < -0.3 is 14.6 Å². The molecule has 0 unspecified atom stereocenters. The predicted molar refractivity (Wildman–Crippen MR) is 114 cm³/mol. The van der Waals surface area contributed by atoms with Crippen LogP contribution >= 0.6 is 0 Å². The number of hydrogen-bond donors (Lipinski definition) is 2. The molecule has 0 aliphatic rings. The monoisotopic (exact) mass is 428 g/mol. The van der Waals surface area contributed by atoms with Crippen molar-refractivity contribution in [2.24, 2.45) is 0 Å². The van der Waals surface area contributed by atoms with Crippen molar-refractivity contribution in [2.45, 2.75) is 24.8 Å². The van der Waals surface area contributed by atoms with Crippen molar-refractivity contribution < 1.29 is 17.9 Å². The Morgan fingerprint density at radius 1 is 1.20 bits per heavy atom. The smallest absolute Gasteiger partial charge is 0.256 e. The highest BCUT2D eigenvalue weighted by molar-refractivity contribution is 7.89. The van der Waals surface area contributed by atoms with E-state index in [1.807, 2.05) is 29.8 Å². The summed E-state index contributed by atoms with van der Waals surface area (Å²) >= 11 is 0. The third-order valence-corrected chi connectivity index (χ3v) is 6.02. The minimum atomic E-state index is -3.74. The van der Waals surface area contributed by atoms with Gasteiger partial charge in [-0.2, -0.15) is 0 Å². The van der Waals surface area contributed by atoms with E-state index < -0.39 is 10.0 Å². The molecule has 3 aromatic rings. The van der Waals surface area contributed by atoms with Gasteiger partial charge in [0.25, 0.3) is 5.91 Å². The Bertz CT molecular complexity index is 1110. The van der Waals surface area contributed by atoms with Crippen LogP contribution in [0, 0.1) is 6.92 Å². The highest BCUT2D eigenvalue weighted by Crippen LogP contribution is 2.28. The summed E-state index contributed by atoms with van der Waals surface area (Å²) in [5, 5.41) is 2.75. The number of imidazole rings is 1. The quantitative estimate of drug-likeness (QED) is 0.510. The highest BCUT2D eigenvalue weighted by atomic mass is 32.2. The predicted octanol–water partition coefficient (Wildman–Crippen LogP) is 2.82. The third kappa shape index (κ3) is 5.25. The second-order valence-corrected chi connectivity index (χ2v) is 8.45. The minimum absolute atomic E-state index is 0.0472. The van der Waals surface area contributed by atoms with Gasteiger partial charge in [0, 0.05) is 31.0 Å². The van der Waals surface area contributed by atoms with Gasteiger partial charge in [-0.15, -0.1) is 0 Å². The van der Waals surface area contributed by atoms with Crippen molar-refractivity contribution in [3.63, 3.8) is 0 Å². The van der Waals surface area contributed by atoms with E-state index in [1.165, 1.54) is 25.3 Å². The van der Waals surface area contributed by atoms with E-state index in [2.05, 4.69) is 15.0 Å². The number of carbonyl (C=O) groups is 1. The standard InChI is InChI=1S/C21H24N4O4S/c1-16-6-3-4-7-18(16)21(26)24-19-14-17(8-9-20(19)29-2)30(27,28)23-10-5-12-25-13-11-22-15-25/h3-4,6-9,11,13-15,23H,5,10,12H2,1-2H3,(H,24,26). The van der Waals surface area contributed by atoms with E-state index in [4.69, 9.17) is 4.74 Å². The van der Waals surface area contributed by atoms with Crippen molar-refractivity contribution in [1.29, 1.82) is 0 Å². The number of benzene rings is 2. The molecule has 0 saturated heterocycles. The average Bonchev–Trinajstić information content (AvgIpc) is 3.25. The topological polar surface area (TPSA) is 102 Å². The molecule has 1 amide bonds. The second kappa shape index (κ2) is 9.55. The van der Waals surface area contributed by atoms with Gasteiger partial charge in [-0.1, -0.05) is 18.2 Å². The number of sulfonamides is 1. The first-order valence-electron chi connectivity index (χ1n) is 9.41. The summed E-state index contributed by atoms with van der Waals surface area (Å²) < 4.78 is 35.1. The first-order chi connectivity index (χ1) is 14.4. The Kier molecular flexibility index (Phi) is 6.86. The number of rotatable bonds is 9. The zero-order valence-electron chi connectivity index (χ0n) is 16.8. The Morgan fingerprint density at radius 3 is 2.70 bits per heavy atom. The van der Waals surface area contributed by atoms with Crippen LogP contribution in [0.5, 0.6) is 5.75 Å². The van der Waals surface area contributed by atoms with Crippen molar-refractivity contribution >= 4 is 21.6 Å². The van der Waals surface area contributed by atoms with Gasteiger partial charge in [-0.05, 0) is 43.2 Å². The van der Waals surface area contributed by atoms with Crippen LogP contribution in [0.4, 0.5) is 5.69 Å². The Hall–Kier alpha value is -3.17. The molecular formula is C21H24N4O4S. The number of aromatic nitrogens is 2. The molecule has 0 aliphatic carbocycles. The van der Waals surface area contributed by atoms with E-state index in [0.29, 0.717) is 24.3 Å². The fraction of sp³-hybridized carbons (Fsp3) is 0.238. The molecule has 0 saturated carbocycles. The Morgan fingerprint density at radius 2 is 2.00 bits per heavy atom. The van der Waals surface area contributed by atoms with Gasteiger partial charge in [0.05, 0.1) is 24.0 Å². The van der Waals surface area contributed by atoms with Crippen LogP contribution in [0.15, 0.2) is 66.1 Å². The highest BCUT2D eigenvalue weighted by Gasteiger charge is 2.18. The fourth-order valence-electron chi connectivity index (χ4n) is 2.94. The normalized spacial score (nSPS) is 11.3. The van der Waals surface area contributed by atoms with Crippen molar-refractivity contribution in [3.8, 4) is 5.75 Å². The number of nitrogens with one attached hydrogen (secondary N) is 2. The fourth-order valence-corrected chi connectivity index (χ4v) is 4.04. The molecule has 0 aliphatic heterocycles. The molecule has 0 fully saturated rings. The number of anilines is 1. The van der Waals surface area contributed by atoms with E-state index >= 15 is 0 Å². The maximum atomic E-state index is 12.7. The summed E-state index contributed by atoms with van der Waals surface area (Å²) in [7, 11) is -2.28. The average molecular weight is 429 g/mol. The molecule has 1 aromatic heterocycles. The summed E-state index contributed by atoms with van der Waals surface area (Å²) in [6.45, 7) is 2.76. The molecule has 1 heterocycles. The van der Waals surface area contributed by atoms with Crippen LogP contribution < -0.4 is 14.8 Å². The summed E-state index contributed by atoms with van der Waals surface area (Å²) in [4.78, 5) is 16.6. The van der Waals surface area contributed by atoms with Gasteiger partial charge in [-0.25, -0.2) is 18.1 Å². The summed E-state index contributed by atoms with van der Waals surface area (Å²) in [6.07, 6.45) is 5.79. The second-order valence-electron chi connectivity index (χ2n) is 6.68. The summed E-state index contributed by atoms with van der Waals surface area (Å²) in [5.74, 6) is 0.0326. The molecule has 0 bridgehead atoms. The lowest BCUT2D eigenvalue weighted by Crippen LogP contribution is -2.25. The number of nitrogens with zero attached hydrogens (tertiary/aromatic N) is 2. The van der Waals surface area contributed by atoms with E-state index in [9.17, 15) is 13.2 Å². The molecule has 9 heteroatoms. The van der Waals surface area contributed by atoms with E-state index in [-0.39, 0.29) is 23.0 Å². The van der Waals surface area contributed by atoms with Crippen molar-refractivity contribution in [1.82, 2.24) is 14.3 Å². The van der Waals surface area contributed by atoms with Crippen molar-refractivity contribution in [2.75, 3.05) is 19.0 Å². The minimum Gasteiger partial charge on any atom is -0.495 e. The lowest BCUT2D eigenvalue weighted by atomic mass is 10.1. The molecule has 158 valence electrons. The zero-order valence-corrected chi connectivity index (χ0v) is 17.6. The molecule has 0 spiro atoms. The lowest BCUT2D eigenvalue weighted by Gasteiger charge is -2.14. The molecule has 30 heavy (non-hydrogen) atoms. The molecular weight excluding hydrogens is 404 g/mol. The summed E-state index contributed by atoms with van der Waals surface area (Å²) in [5.41, 5.74) is 1.61. The number of aryl methyl sites for hydroxylation is 2. The maximum Gasteiger partial charge on any atom is 0.256 e. The molecule has 0 atom stereocenters. The van der Waals surface area contributed by atoms with Gasteiger partial charge in [0.2, 0.25) is 10.0 Å². The largest absolute Gasteiger partial charge is 0.495 e. The number of amides is 1. The number of hydrogen-bond acceptors (Lipinski definition) is 5. The van der Waals surface area contributed by atoms with Gasteiger partial charge in [0.15, 0.2) is 0 Å². The van der Waals surface area contributed by atoms with Gasteiger partial charge in [0.1, 0.15) is 5.75 Å². The van der Waals surface area contributed by atoms with Gasteiger partial charge >= 0.3 is 0 Å². The van der Waals surface area contributed by atoms with Crippen LogP contribution in [0.3, 0.4) is 0 Å². The van der Waals surface area contributed by atoms with Crippen molar-refractivity contribution in [3.05, 3.63) is 72.3 Å². The Labute approximate surface area is 176 Å². The Balaban J connectivity index is 1.72. The molecule has 2 aromatic carbocycles. The molecule has 8 nitrogen and oxygen atoms in total. The van der Waals surface area contributed by atoms with Crippen LogP contribution in [0.25, 0.3) is 0 Å². The van der Waals surface area contributed by atoms with Gasteiger partial charge in [-0.3, -0.25) is 4.79 Å². The van der Waals surface area contributed by atoms with Crippen LogP contribution in [-0.2, 0) is 16.6 Å². The first kappa shape index (κ1) is 21.5. The van der Waals surface area contributed by atoms with E-state index in [0.717, 1.165) is 5.56 Å². The molecule has 2 N–H and O–H groups in total. The third-order valence-electron chi connectivity index (χ3n) is 4.56. The maximum absolute atomic E-state index is 12.7. The van der Waals surface area contributed by atoms with Crippen LogP contribution in [-0.4, -0.2) is 37.5 Å². The number of carbonyl (C=O) groups excluding carboxylic acids is 1. The summed E-state index contributed by atoms with van der Waals surface area (Å²) in [6, 6.07) is 11.5. The lowest BCUT2D eigenvalue weighted by molar-refractivity contribution is 0.102. The van der Waals surface area contributed by atoms with Crippen LogP contribution in [0.1, 0.15) is 22.3 Å². The molecule has 3 rings (SSSR count). The SMILES string of the molecule is COc1ccc(S(=O)(=O)NCCCn2ccnc2)cc1NC(=O)c1ccccc1C. The number of ether oxygens (including phenoxy) is 1. The van der Waals surface area contributed by atoms with E-state index in [1.54, 1.807) is 24.7 Å². The first-order valence-corrected chi connectivity index (χ1v) is 10.9. The zero-order chi connectivity index (χ0) is 21.6. The van der Waals surface area contributed by atoms with Crippen LogP contribution in [0.2, 0.25) is 0 Å². The number of methoxy groups -OCH3 is 1.